The van der Waals surface area contributed by atoms with E-state index in [1.807, 2.05) is 0 Å². The summed E-state index contributed by atoms with van der Waals surface area (Å²) in [6, 6.07) is 0.115. The summed E-state index contributed by atoms with van der Waals surface area (Å²) in [6.07, 6.45) is -3.07. The van der Waals surface area contributed by atoms with Crippen LogP contribution in [0, 0.1) is 17.0 Å². The lowest BCUT2D eigenvalue weighted by atomic mass is 10.3. The lowest BCUT2D eigenvalue weighted by Gasteiger charge is -2.12. The molecule has 154 valence electrons. The first kappa shape index (κ1) is 21.2. The van der Waals surface area contributed by atoms with Gasteiger partial charge in [-0.1, -0.05) is 0 Å². The molecule has 0 spiro atoms. The molecule has 0 saturated heterocycles. The summed E-state index contributed by atoms with van der Waals surface area (Å²) in [5.41, 5.74) is -0.961. The van der Waals surface area contributed by atoms with Gasteiger partial charge in [-0.25, -0.2) is 4.68 Å². The van der Waals surface area contributed by atoms with Crippen LogP contribution in [-0.2, 0) is 17.5 Å². The molecule has 0 aromatic carbocycles. The van der Waals surface area contributed by atoms with Gasteiger partial charge in [-0.3, -0.25) is 19.6 Å². The number of halogens is 3. The van der Waals surface area contributed by atoms with E-state index >= 15 is 0 Å². The Morgan fingerprint density at radius 3 is 2.61 bits per heavy atom. The molecule has 28 heavy (non-hydrogen) atoms. The van der Waals surface area contributed by atoms with Gasteiger partial charge < -0.3 is 10.1 Å². The summed E-state index contributed by atoms with van der Waals surface area (Å²) in [5.74, 6) is -0.660. The SMILES string of the molecule is COc1nn(C(C)C(=O)NCCCn2nc(C(F)(F)F)cc2C)cc1[N+](=O)[O-]. The van der Waals surface area contributed by atoms with Crippen LogP contribution in [0.15, 0.2) is 12.3 Å². The van der Waals surface area contributed by atoms with Crippen LogP contribution < -0.4 is 10.1 Å². The Bertz CT molecular complexity index is 861. The molecule has 1 atom stereocenters. The third-order valence-corrected chi connectivity index (χ3v) is 3.96. The molecule has 0 aliphatic heterocycles. The van der Waals surface area contributed by atoms with Crippen molar-refractivity contribution in [1.82, 2.24) is 24.9 Å². The van der Waals surface area contributed by atoms with E-state index in [0.717, 1.165) is 16.9 Å². The number of aromatic nitrogens is 4. The average Bonchev–Trinajstić information content (AvgIpc) is 3.21. The Morgan fingerprint density at radius 2 is 2.11 bits per heavy atom. The zero-order chi connectivity index (χ0) is 21.1. The Balaban J connectivity index is 1.89. The van der Waals surface area contributed by atoms with Crippen LogP contribution in [-0.4, -0.2) is 44.0 Å². The van der Waals surface area contributed by atoms with Crippen molar-refractivity contribution in [3.63, 3.8) is 0 Å². The van der Waals surface area contributed by atoms with Crippen LogP contribution in [0.4, 0.5) is 18.9 Å². The van der Waals surface area contributed by atoms with Crippen LogP contribution in [0.5, 0.6) is 5.88 Å². The molecule has 13 heteroatoms. The minimum atomic E-state index is -4.51. The zero-order valence-corrected chi connectivity index (χ0v) is 15.4. The summed E-state index contributed by atoms with van der Waals surface area (Å²) in [6.45, 7) is 3.39. The van der Waals surface area contributed by atoms with Crippen LogP contribution in [0.1, 0.15) is 30.8 Å². The van der Waals surface area contributed by atoms with Crippen molar-refractivity contribution < 1.29 is 27.6 Å². The first-order valence-electron chi connectivity index (χ1n) is 8.21. The van der Waals surface area contributed by atoms with Crippen molar-refractivity contribution in [2.24, 2.45) is 0 Å². The topological polar surface area (TPSA) is 117 Å². The number of hydrogen-bond donors (Lipinski definition) is 1. The normalized spacial score (nSPS) is 12.6. The summed E-state index contributed by atoms with van der Waals surface area (Å²) in [4.78, 5) is 22.4. The maximum Gasteiger partial charge on any atom is 0.435 e. The fourth-order valence-corrected chi connectivity index (χ4v) is 2.42. The number of hydrogen-bond acceptors (Lipinski definition) is 6. The van der Waals surface area contributed by atoms with E-state index in [0.29, 0.717) is 12.1 Å². The number of alkyl halides is 3. The van der Waals surface area contributed by atoms with Gasteiger partial charge in [0.25, 0.3) is 0 Å². The predicted molar refractivity (Wildman–Crippen MR) is 89.7 cm³/mol. The molecule has 2 heterocycles. The molecule has 0 bridgehead atoms. The highest BCUT2D eigenvalue weighted by molar-refractivity contribution is 5.79. The number of rotatable bonds is 8. The minimum Gasteiger partial charge on any atom is -0.475 e. The van der Waals surface area contributed by atoms with Gasteiger partial charge in [-0.05, 0) is 26.3 Å². The fraction of sp³-hybridized carbons (Fsp3) is 0.533. The highest BCUT2D eigenvalue weighted by atomic mass is 19.4. The maximum absolute atomic E-state index is 12.6. The third-order valence-electron chi connectivity index (χ3n) is 3.96. The molecule has 2 aromatic heterocycles. The summed E-state index contributed by atoms with van der Waals surface area (Å²) < 4.78 is 45.1. The Kier molecular flexibility index (Phi) is 6.26. The van der Waals surface area contributed by atoms with Crippen LogP contribution in [0.3, 0.4) is 0 Å². The highest BCUT2D eigenvalue weighted by Gasteiger charge is 2.34. The number of nitro groups is 1. The van der Waals surface area contributed by atoms with E-state index in [1.54, 1.807) is 0 Å². The first-order valence-corrected chi connectivity index (χ1v) is 8.21. The highest BCUT2D eigenvalue weighted by Crippen LogP contribution is 2.28. The standard InChI is InChI=1S/C15H19F3N6O4/c1-9-7-12(15(16,17)18)20-22(9)6-4-5-19-13(25)10(2)23-8-11(24(26)27)14(21-23)28-3/h7-8,10H,4-6H2,1-3H3,(H,19,25). The molecule has 1 amide bonds. The number of amides is 1. The smallest absolute Gasteiger partial charge is 0.435 e. The van der Waals surface area contributed by atoms with E-state index in [4.69, 9.17) is 4.74 Å². The van der Waals surface area contributed by atoms with Crippen molar-refractivity contribution in [1.29, 1.82) is 0 Å². The van der Waals surface area contributed by atoms with E-state index in [9.17, 15) is 28.1 Å². The van der Waals surface area contributed by atoms with Crippen LogP contribution >= 0.6 is 0 Å². The lowest BCUT2D eigenvalue weighted by Crippen LogP contribution is -2.32. The molecule has 0 fully saturated rings. The maximum atomic E-state index is 12.6. The second-order valence-corrected chi connectivity index (χ2v) is 5.97. The number of nitrogens with zero attached hydrogens (tertiary/aromatic N) is 5. The number of methoxy groups -OCH3 is 1. The van der Waals surface area contributed by atoms with Crippen LogP contribution in [0.2, 0.25) is 0 Å². The number of carbonyl (C=O) groups excluding carboxylic acids is 1. The molecule has 10 nitrogen and oxygen atoms in total. The molecule has 1 N–H and O–H groups in total. The first-order chi connectivity index (χ1) is 13.0. The van der Waals surface area contributed by atoms with Gasteiger partial charge in [-0.2, -0.15) is 18.3 Å². The fourth-order valence-electron chi connectivity index (χ4n) is 2.42. The van der Waals surface area contributed by atoms with Crippen molar-refractivity contribution in [2.75, 3.05) is 13.7 Å². The monoisotopic (exact) mass is 404 g/mol. The second-order valence-electron chi connectivity index (χ2n) is 5.97. The molecule has 0 saturated carbocycles. The van der Waals surface area contributed by atoms with Gasteiger partial charge in [0, 0.05) is 18.8 Å². The third kappa shape index (κ3) is 4.78. The van der Waals surface area contributed by atoms with Gasteiger partial charge in [0.2, 0.25) is 5.91 Å². The molecule has 0 aliphatic rings. The molecule has 0 aliphatic carbocycles. The molecule has 0 radical (unpaired) electrons. The van der Waals surface area contributed by atoms with Gasteiger partial charge >= 0.3 is 17.7 Å². The molecular formula is C15H19F3N6O4. The number of nitrogens with one attached hydrogen (secondary N) is 1. The van der Waals surface area contributed by atoms with Gasteiger partial charge in [0.15, 0.2) is 5.69 Å². The van der Waals surface area contributed by atoms with E-state index < -0.39 is 28.7 Å². The zero-order valence-electron chi connectivity index (χ0n) is 15.4. The quantitative estimate of drug-likeness (QED) is 0.409. The number of aryl methyl sites for hydroxylation is 2. The number of ether oxygens (including phenoxy) is 1. The molecule has 2 rings (SSSR count). The molecular weight excluding hydrogens is 385 g/mol. The van der Waals surface area contributed by atoms with Crippen molar-refractivity contribution >= 4 is 11.6 Å². The molecule has 1 unspecified atom stereocenters. The summed E-state index contributed by atoms with van der Waals surface area (Å²) in [5, 5.41) is 20.9. The van der Waals surface area contributed by atoms with Crippen molar-refractivity contribution in [3.8, 4) is 5.88 Å². The molecule has 2 aromatic rings. The number of carbonyl (C=O) groups is 1. The largest absolute Gasteiger partial charge is 0.475 e. The van der Waals surface area contributed by atoms with E-state index in [2.05, 4.69) is 15.5 Å². The Hall–Kier alpha value is -3.12. The average molecular weight is 404 g/mol. The van der Waals surface area contributed by atoms with Gasteiger partial charge in [0.1, 0.15) is 12.2 Å². The van der Waals surface area contributed by atoms with Gasteiger partial charge in [-0.15, -0.1) is 5.10 Å². The van der Waals surface area contributed by atoms with E-state index in [1.165, 1.54) is 25.6 Å². The predicted octanol–water partition coefficient (Wildman–Crippen LogP) is 2.09. The van der Waals surface area contributed by atoms with Crippen molar-refractivity contribution in [3.05, 3.63) is 33.8 Å². The van der Waals surface area contributed by atoms with Crippen molar-refractivity contribution in [2.45, 2.75) is 39.0 Å². The minimum absolute atomic E-state index is 0.185. The summed E-state index contributed by atoms with van der Waals surface area (Å²) in [7, 11) is 1.23. The Morgan fingerprint density at radius 1 is 1.43 bits per heavy atom. The van der Waals surface area contributed by atoms with Crippen LogP contribution in [0.25, 0.3) is 0 Å². The summed E-state index contributed by atoms with van der Waals surface area (Å²) >= 11 is 0. The second kappa shape index (κ2) is 8.27. The van der Waals surface area contributed by atoms with E-state index in [-0.39, 0.29) is 24.7 Å². The Labute approximate surface area is 157 Å². The van der Waals surface area contributed by atoms with Gasteiger partial charge in [0.05, 0.1) is 12.0 Å². The lowest BCUT2D eigenvalue weighted by molar-refractivity contribution is -0.385.